The SMILES string of the molecule is COc1ccc(-c2nc(NC(=O)c3ccc(C(C)(C)C)cc3)sc2C)cc1. The summed E-state index contributed by atoms with van der Waals surface area (Å²) in [4.78, 5) is 18.2. The van der Waals surface area contributed by atoms with Gasteiger partial charge in [0.05, 0.1) is 12.8 Å². The Kier molecular flexibility index (Phi) is 5.33. The Morgan fingerprint density at radius 3 is 2.22 bits per heavy atom. The van der Waals surface area contributed by atoms with Crippen LogP contribution >= 0.6 is 11.3 Å². The molecule has 1 N–H and O–H groups in total. The fourth-order valence-electron chi connectivity index (χ4n) is 2.76. The molecule has 3 aromatic rings. The lowest BCUT2D eigenvalue weighted by Crippen LogP contribution is -2.14. The number of rotatable bonds is 4. The third-order valence-electron chi connectivity index (χ3n) is 4.39. The van der Waals surface area contributed by atoms with Crippen molar-refractivity contribution < 1.29 is 9.53 Å². The molecule has 0 fully saturated rings. The number of hydrogen-bond donors (Lipinski definition) is 1. The van der Waals surface area contributed by atoms with Crippen molar-refractivity contribution >= 4 is 22.4 Å². The third kappa shape index (κ3) is 4.37. The van der Waals surface area contributed by atoms with Crippen LogP contribution in [0, 0.1) is 6.92 Å². The van der Waals surface area contributed by atoms with E-state index >= 15 is 0 Å². The van der Waals surface area contributed by atoms with E-state index in [1.54, 1.807) is 7.11 Å². The lowest BCUT2D eigenvalue weighted by molar-refractivity contribution is 0.102. The van der Waals surface area contributed by atoms with Gasteiger partial charge in [0.15, 0.2) is 5.13 Å². The Morgan fingerprint density at radius 1 is 1.04 bits per heavy atom. The summed E-state index contributed by atoms with van der Waals surface area (Å²) in [7, 11) is 1.64. The first-order valence-electron chi connectivity index (χ1n) is 8.81. The van der Waals surface area contributed by atoms with Crippen LogP contribution in [0.1, 0.15) is 41.6 Å². The van der Waals surface area contributed by atoms with Gasteiger partial charge in [-0.3, -0.25) is 10.1 Å². The number of nitrogens with zero attached hydrogens (tertiary/aromatic N) is 1. The zero-order chi connectivity index (χ0) is 19.6. The van der Waals surface area contributed by atoms with Gasteiger partial charge >= 0.3 is 0 Å². The number of ether oxygens (including phenoxy) is 1. The van der Waals surface area contributed by atoms with E-state index in [2.05, 4.69) is 31.1 Å². The summed E-state index contributed by atoms with van der Waals surface area (Å²) in [5.74, 6) is 0.657. The van der Waals surface area contributed by atoms with Crippen LogP contribution in [0.25, 0.3) is 11.3 Å². The zero-order valence-electron chi connectivity index (χ0n) is 16.3. The number of carbonyl (C=O) groups is 1. The number of aromatic nitrogens is 1. The van der Waals surface area contributed by atoms with E-state index in [0.717, 1.165) is 21.9 Å². The number of amides is 1. The second-order valence-corrected chi connectivity index (χ2v) is 8.64. The largest absolute Gasteiger partial charge is 0.497 e. The fraction of sp³-hybridized carbons (Fsp3) is 0.273. The molecule has 2 aromatic carbocycles. The van der Waals surface area contributed by atoms with Crippen LogP contribution in [0.5, 0.6) is 5.75 Å². The summed E-state index contributed by atoms with van der Waals surface area (Å²) in [5.41, 5.74) is 3.77. The first kappa shape index (κ1) is 19.1. The molecule has 0 aliphatic rings. The van der Waals surface area contributed by atoms with Crippen LogP contribution in [-0.4, -0.2) is 18.0 Å². The van der Waals surface area contributed by atoms with Gasteiger partial charge in [0.1, 0.15) is 5.75 Å². The Bertz CT molecular complexity index is 936. The second-order valence-electron chi connectivity index (χ2n) is 7.43. The maximum atomic E-state index is 12.6. The summed E-state index contributed by atoms with van der Waals surface area (Å²) < 4.78 is 5.20. The molecule has 140 valence electrons. The number of methoxy groups -OCH3 is 1. The Balaban J connectivity index is 1.77. The van der Waals surface area contributed by atoms with E-state index < -0.39 is 0 Å². The molecule has 27 heavy (non-hydrogen) atoms. The number of hydrogen-bond acceptors (Lipinski definition) is 4. The minimum absolute atomic E-state index is 0.0642. The predicted octanol–water partition coefficient (Wildman–Crippen LogP) is 5.68. The van der Waals surface area contributed by atoms with Crippen molar-refractivity contribution in [1.29, 1.82) is 0 Å². The summed E-state index contributed by atoms with van der Waals surface area (Å²) in [5, 5.41) is 3.51. The zero-order valence-corrected chi connectivity index (χ0v) is 17.1. The average Bonchev–Trinajstić information content (AvgIpc) is 3.01. The first-order valence-corrected chi connectivity index (χ1v) is 9.63. The van der Waals surface area contributed by atoms with E-state index in [0.29, 0.717) is 10.7 Å². The van der Waals surface area contributed by atoms with E-state index in [9.17, 15) is 4.79 Å². The van der Waals surface area contributed by atoms with Crippen LogP contribution in [0.4, 0.5) is 5.13 Å². The van der Waals surface area contributed by atoms with Crippen molar-refractivity contribution in [1.82, 2.24) is 4.98 Å². The highest BCUT2D eigenvalue weighted by Crippen LogP contribution is 2.31. The van der Waals surface area contributed by atoms with Gasteiger partial charge in [-0.25, -0.2) is 4.98 Å². The molecular weight excluding hydrogens is 356 g/mol. The molecule has 1 heterocycles. The lowest BCUT2D eigenvalue weighted by Gasteiger charge is -2.18. The highest BCUT2D eigenvalue weighted by atomic mass is 32.1. The van der Waals surface area contributed by atoms with Crippen LogP contribution < -0.4 is 10.1 Å². The van der Waals surface area contributed by atoms with Crippen LogP contribution in [0.3, 0.4) is 0 Å². The van der Waals surface area contributed by atoms with Gasteiger partial charge in [0.25, 0.3) is 5.91 Å². The molecule has 1 aromatic heterocycles. The number of anilines is 1. The molecule has 3 rings (SSSR count). The topological polar surface area (TPSA) is 51.2 Å². The Hall–Kier alpha value is -2.66. The standard InChI is InChI=1S/C22H24N2O2S/c1-14-19(15-8-12-18(26-5)13-9-15)23-21(27-14)24-20(25)16-6-10-17(11-7-16)22(2,3)4/h6-13H,1-5H3,(H,23,24,25). The van der Waals surface area contributed by atoms with Crippen molar-refractivity contribution in [3.05, 3.63) is 64.5 Å². The van der Waals surface area contributed by atoms with E-state index in [-0.39, 0.29) is 11.3 Å². The molecule has 0 spiro atoms. The van der Waals surface area contributed by atoms with Crippen molar-refractivity contribution in [3.8, 4) is 17.0 Å². The Labute approximate surface area is 164 Å². The first-order chi connectivity index (χ1) is 12.8. The summed E-state index contributed by atoms with van der Waals surface area (Å²) in [6, 6.07) is 15.5. The normalized spacial score (nSPS) is 11.3. The minimum Gasteiger partial charge on any atom is -0.497 e. The number of benzene rings is 2. The maximum absolute atomic E-state index is 12.6. The highest BCUT2D eigenvalue weighted by molar-refractivity contribution is 7.16. The number of carbonyl (C=O) groups excluding carboxylic acids is 1. The van der Waals surface area contributed by atoms with Crippen molar-refractivity contribution in [2.45, 2.75) is 33.1 Å². The molecule has 0 radical (unpaired) electrons. The Morgan fingerprint density at radius 2 is 1.67 bits per heavy atom. The molecular formula is C22H24N2O2S. The number of thiazole rings is 1. The molecule has 0 bridgehead atoms. The molecule has 0 unspecified atom stereocenters. The number of nitrogens with one attached hydrogen (secondary N) is 1. The summed E-state index contributed by atoms with van der Waals surface area (Å²) in [6.07, 6.45) is 0. The van der Waals surface area contributed by atoms with Gasteiger partial charge in [-0.2, -0.15) is 0 Å². The van der Waals surface area contributed by atoms with Gasteiger partial charge in [-0.05, 0) is 54.3 Å². The molecule has 5 heteroatoms. The quantitative estimate of drug-likeness (QED) is 0.634. The summed E-state index contributed by atoms with van der Waals surface area (Å²) >= 11 is 1.48. The molecule has 0 saturated carbocycles. The summed E-state index contributed by atoms with van der Waals surface area (Å²) in [6.45, 7) is 8.47. The van der Waals surface area contributed by atoms with Crippen LogP contribution in [-0.2, 0) is 5.41 Å². The van der Waals surface area contributed by atoms with Crippen LogP contribution in [0.2, 0.25) is 0 Å². The van der Waals surface area contributed by atoms with Gasteiger partial charge in [-0.15, -0.1) is 11.3 Å². The molecule has 1 amide bonds. The number of aryl methyl sites for hydroxylation is 1. The lowest BCUT2D eigenvalue weighted by atomic mass is 9.87. The van der Waals surface area contributed by atoms with Gasteiger partial charge in [0, 0.05) is 16.0 Å². The molecule has 0 atom stereocenters. The van der Waals surface area contributed by atoms with Crippen molar-refractivity contribution in [3.63, 3.8) is 0 Å². The third-order valence-corrected chi connectivity index (χ3v) is 5.28. The van der Waals surface area contributed by atoms with Crippen LogP contribution in [0.15, 0.2) is 48.5 Å². The molecule has 0 aliphatic carbocycles. The predicted molar refractivity (Wildman–Crippen MR) is 112 cm³/mol. The second kappa shape index (κ2) is 7.53. The molecule has 4 nitrogen and oxygen atoms in total. The average molecular weight is 381 g/mol. The maximum Gasteiger partial charge on any atom is 0.257 e. The van der Waals surface area contributed by atoms with Gasteiger partial charge < -0.3 is 4.74 Å². The highest BCUT2D eigenvalue weighted by Gasteiger charge is 2.16. The minimum atomic E-state index is -0.148. The smallest absolute Gasteiger partial charge is 0.257 e. The molecule has 0 saturated heterocycles. The van der Waals surface area contributed by atoms with Crippen molar-refractivity contribution in [2.24, 2.45) is 0 Å². The van der Waals surface area contributed by atoms with Crippen molar-refractivity contribution in [2.75, 3.05) is 12.4 Å². The van der Waals surface area contributed by atoms with E-state index in [1.807, 2.05) is 55.5 Å². The molecule has 0 aliphatic heterocycles. The monoisotopic (exact) mass is 380 g/mol. The van der Waals surface area contributed by atoms with Gasteiger partial charge in [0.2, 0.25) is 0 Å². The fourth-order valence-corrected chi connectivity index (χ4v) is 3.59. The van der Waals surface area contributed by atoms with Gasteiger partial charge in [-0.1, -0.05) is 32.9 Å². The van der Waals surface area contributed by atoms with E-state index in [1.165, 1.54) is 16.9 Å². The van der Waals surface area contributed by atoms with E-state index in [4.69, 9.17) is 4.74 Å².